The number of fused-ring (bicyclic) bond motifs is 7. The molecular formula is C36H24N2. The topological polar surface area (TPSA) is 20.7 Å². The van der Waals surface area contributed by atoms with Crippen molar-refractivity contribution in [3.8, 4) is 27.9 Å². The van der Waals surface area contributed by atoms with Gasteiger partial charge in [0.1, 0.15) is 0 Å². The number of para-hydroxylation sites is 2. The van der Waals surface area contributed by atoms with E-state index in [9.17, 15) is 0 Å². The molecule has 2 nitrogen and oxygen atoms in total. The van der Waals surface area contributed by atoms with Gasteiger partial charge in [0.2, 0.25) is 0 Å². The third-order valence-electron chi connectivity index (χ3n) is 7.43. The van der Waals surface area contributed by atoms with Gasteiger partial charge in [-0.1, -0.05) is 121 Å². The van der Waals surface area contributed by atoms with E-state index in [1.807, 2.05) is 66.7 Å². The van der Waals surface area contributed by atoms with Gasteiger partial charge in [-0.15, -0.1) is 0 Å². The Bertz CT molecular complexity index is 2370. The zero-order chi connectivity index (χ0) is 29.4. The molecule has 0 bridgehead atoms. The molecule has 0 saturated carbocycles. The second-order valence-corrected chi connectivity index (χ2v) is 9.47. The molecule has 2 aromatic heterocycles. The summed E-state index contributed by atoms with van der Waals surface area (Å²) in [5.74, 6) is 0. The molecular weight excluding hydrogens is 460 g/mol. The number of nitrogens with zero attached hydrogens (tertiary/aromatic N) is 1. The Kier molecular flexibility index (Phi) is 3.60. The predicted molar refractivity (Wildman–Crippen MR) is 161 cm³/mol. The van der Waals surface area contributed by atoms with Crippen LogP contribution in [0.1, 0.15) is 6.85 Å². The van der Waals surface area contributed by atoms with E-state index in [0.29, 0.717) is 5.56 Å². The minimum atomic E-state index is -0.403. The summed E-state index contributed by atoms with van der Waals surface area (Å²) in [6, 6.07) is 35.1. The smallest absolute Gasteiger partial charge is 0.0783 e. The number of hydrogen-bond donors (Lipinski definition) is 1. The van der Waals surface area contributed by atoms with Gasteiger partial charge >= 0.3 is 0 Å². The van der Waals surface area contributed by atoms with Crippen molar-refractivity contribution in [1.29, 1.82) is 0 Å². The van der Waals surface area contributed by atoms with Crippen molar-refractivity contribution in [3.63, 3.8) is 0 Å². The van der Waals surface area contributed by atoms with Crippen LogP contribution in [0.15, 0.2) is 139 Å². The number of nitrogens with one attached hydrogen (secondary N) is 1. The second kappa shape index (κ2) is 8.22. The van der Waals surface area contributed by atoms with E-state index in [0.717, 1.165) is 60.4 Å². The quantitative estimate of drug-likeness (QED) is 0.255. The molecule has 2 heterocycles. The van der Waals surface area contributed by atoms with Crippen LogP contribution in [0.25, 0.3) is 71.6 Å². The minimum Gasteiger partial charge on any atom is -0.353 e. The molecule has 0 spiro atoms. The summed E-state index contributed by atoms with van der Waals surface area (Å²) in [6.07, 6.45) is 0. The number of rotatable bonds is 3. The van der Waals surface area contributed by atoms with Crippen molar-refractivity contribution >= 4 is 43.6 Å². The molecule has 0 aliphatic heterocycles. The predicted octanol–water partition coefficient (Wildman–Crippen LogP) is 9.75. The Morgan fingerprint density at radius 2 is 1.29 bits per heavy atom. The number of hydrogen-bond acceptors (Lipinski definition) is 0. The van der Waals surface area contributed by atoms with Crippen LogP contribution in [0.3, 0.4) is 0 Å². The maximum absolute atomic E-state index is 8.82. The van der Waals surface area contributed by atoms with Gasteiger partial charge < -0.3 is 9.55 Å². The largest absolute Gasteiger partial charge is 0.353 e. The van der Waals surface area contributed by atoms with Gasteiger partial charge in [0.15, 0.2) is 0 Å². The van der Waals surface area contributed by atoms with Crippen molar-refractivity contribution in [2.24, 2.45) is 0 Å². The lowest BCUT2D eigenvalue weighted by atomic mass is 9.93. The lowest BCUT2D eigenvalue weighted by molar-refractivity contribution is 1.18. The molecule has 0 radical (unpaired) electrons. The van der Waals surface area contributed by atoms with Gasteiger partial charge in [-0.3, -0.25) is 0 Å². The van der Waals surface area contributed by atoms with E-state index >= 15 is 0 Å². The molecule has 6 aromatic carbocycles. The molecule has 0 saturated heterocycles. The van der Waals surface area contributed by atoms with Gasteiger partial charge in [0, 0.05) is 32.6 Å². The summed E-state index contributed by atoms with van der Waals surface area (Å²) < 4.78 is 44.9. The van der Waals surface area contributed by atoms with Crippen LogP contribution < -0.4 is 0 Å². The van der Waals surface area contributed by atoms with E-state index in [-0.39, 0.29) is 29.7 Å². The highest BCUT2D eigenvalue weighted by Gasteiger charge is 2.21. The molecule has 2 heteroatoms. The SMILES string of the molecule is [2H]c1c([2H])c([2H])c(-c2cccc(-n3c4ccccc4c4ccc5c6ccccc6[nH]c5c43)c2-c2ccccc2)c([2H])c1[2H]. The fraction of sp³-hybridized carbons (Fsp3) is 0. The monoisotopic (exact) mass is 489 g/mol. The van der Waals surface area contributed by atoms with Gasteiger partial charge in [-0.25, -0.2) is 0 Å². The molecule has 0 fully saturated rings. The third-order valence-corrected chi connectivity index (χ3v) is 7.43. The summed E-state index contributed by atoms with van der Waals surface area (Å²) >= 11 is 0. The Hall–Kier alpha value is -5.08. The Balaban J connectivity index is 1.58. The lowest BCUT2D eigenvalue weighted by Gasteiger charge is -2.18. The van der Waals surface area contributed by atoms with Crippen molar-refractivity contribution in [1.82, 2.24) is 9.55 Å². The third kappa shape index (κ3) is 3.01. The van der Waals surface area contributed by atoms with Crippen LogP contribution in [0.4, 0.5) is 0 Å². The molecule has 38 heavy (non-hydrogen) atoms. The zero-order valence-corrected chi connectivity index (χ0v) is 20.3. The van der Waals surface area contributed by atoms with E-state index < -0.39 is 6.04 Å². The van der Waals surface area contributed by atoms with E-state index in [1.54, 1.807) is 0 Å². The normalized spacial score (nSPS) is 13.5. The maximum Gasteiger partial charge on any atom is 0.0783 e. The molecule has 0 amide bonds. The molecule has 8 aromatic rings. The summed E-state index contributed by atoms with van der Waals surface area (Å²) in [6.45, 7) is 0. The van der Waals surface area contributed by atoms with Gasteiger partial charge in [-0.05, 0) is 34.9 Å². The molecule has 1 N–H and O–H groups in total. The molecule has 0 aliphatic rings. The summed E-state index contributed by atoms with van der Waals surface area (Å²) in [5, 5.41) is 4.47. The highest BCUT2D eigenvalue weighted by Crippen LogP contribution is 2.43. The molecule has 0 aliphatic carbocycles. The standard InChI is InChI=1S/C36H24N2/c1-3-12-24(13-4-1)26-18-11-21-33(34(26)25-14-5-2-6-15-25)38-32-20-10-8-17-28(32)30-23-22-29-27-16-7-9-19-31(27)37-35(29)36(30)38/h1-23,37H/i1D,3D,4D,12D,13D. The first-order chi connectivity index (χ1) is 21.0. The van der Waals surface area contributed by atoms with E-state index in [2.05, 4.69) is 52.0 Å². The van der Waals surface area contributed by atoms with Crippen molar-refractivity contribution in [2.75, 3.05) is 0 Å². The first kappa shape index (κ1) is 16.6. The van der Waals surface area contributed by atoms with Crippen molar-refractivity contribution < 1.29 is 6.85 Å². The fourth-order valence-corrected chi connectivity index (χ4v) is 5.85. The molecule has 0 unspecified atom stereocenters. The van der Waals surface area contributed by atoms with Gasteiger partial charge in [0.05, 0.1) is 29.1 Å². The minimum absolute atomic E-state index is 0.184. The van der Waals surface area contributed by atoms with E-state index in [4.69, 9.17) is 6.85 Å². The molecule has 178 valence electrons. The van der Waals surface area contributed by atoms with Crippen molar-refractivity contribution in [3.05, 3.63) is 139 Å². The Labute approximate surface area is 227 Å². The van der Waals surface area contributed by atoms with E-state index in [1.165, 1.54) is 0 Å². The summed E-state index contributed by atoms with van der Waals surface area (Å²) in [5.41, 5.74) is 7.39. The highest BCUT2D eigenvalue weighted by atomic mass is 15.0. The van der Waals surface area contributed by atoms with Crippen LogP contribution in [0.2, 0.25) is 0 Å². The van der Waals surface area contributed by atoms with Crippen LogP contribution in [0, 0.1) is 0 Å². The zero-order valence-electron chi connectivity index (χ0n) is 25.3. The number of H-pyrrole nitrogens is 1. The maximum atomic E-state index is 8.82. The van der Waals surface area contributed by atoms with Gasteiger partial charge in [0.25, 0.3) is 0 Å². The lowest BCUT2D eigenvalue weighted by Crippen LogP contribution is -1.99. The second-order valence-electron chi connectivity index (χ2n) is 9.47. The highest BCUT2D eigenvalue weighted by molar-refractivity contribution is 6.23. The van der Waals surface area contributed by atoms with Crippen LogP contribution in [0.5, 0.6) is 0 Å². The summed E-state index contributed by atoms with van der Waals surface area (Å²) in [7, 11) is 0. The van der Waals surface area contributed by atoms with Crippen LogP contribution >= 0.6 is 0 Å². The van der Waals surface area contributed by atoms with Crippen LogP contribution in [-0.2, 0) is 0 Å². The summed E-state index contributed by atoms with van der Waals surface area (Å²) in [4.78, 5) is 3.69. The number of benzene rings is 6. The number of aromatic amines is 1. The Morgan fingerprint density at radius 1 is 0.553 bits per heavy atom. The molecule has 8 rings (SSSR count). The van der Waals surface area contributed by atoms with Crippen LogP contribution in [-0.4, -0.2) is 9.55 Å². The molecule has 0 atom stereocenters. The fourth-order valence-electron chi connectivity index (χ4n) is 5.85. The average Bonchev–Trinajstić information content (AvgIpc) is 3.59. The average molecular weight is 490 g/mol. The first-order valence-corrected chi connectivity index (χ1v) is 12.6. The van der Waals surface area contributed by atoms with Gasteiger partial charge in [-0.2, -0.15) is 0 Å². The Morgan fingerprint density at radius 3 is 2.16 bits per heavy atom. The number of aromatic nitrogens is 2. The first-order valence-electron chi connectivity index (χ1n) is 15.1. The van der Waals surface area contributed by atoms with Crippen molar-refractivity contribution in [2.45, 2.75) is 0 Å².